The Kier molecular flexibility index (Phi) is 7.22. The molecule has 0 radical (unpaired) electrons. The van der Waals surface area contributed by atoms with Crippen LogP contribution in [0.15, 0.2) is 42.6 Å². The molecule has 1 fully saturated rings. The monoisotopic (exact) mass is 466 g/mol. The number of piperidine rings is 1. The third-order valence-electron chi connectivity index (χ3n) is 6.02. The lowest BCUT2D eigenvalue weighted by Crippen LogP contribution is -2.29. The van der Waals surface area contributed by atoms with Crippen molar-refractivity contribution >= 4 is 11.6 Å². The summed E-state index contributed by atoms with van der Waals surface area (Å²) in [7, 11) is 6.25. The van der Waals surface area contributed by atoms with Crippen LogP contribution in [0.4, 0.5) is 5.69 Å². The minimum Gasteiger partial charge on any atom is -0.497 e. The van der Waals surface area contributed by atoms with Crippen LogP contribution in [-0.4, -0.2) is 57.2 Å². The molecule has 1 saturated heterocycles. The van der Waals surface area contributed by atoms with E-state index in [-0.39, 0.29) is 11.8 Å². The highest BCUT2D eigenvalue weighted by Crippen LogP contribution is 2.40. The van der Waals surface area contributed by atoms with Crippen LogP contribution < -0.4 is 29.6 Å². The molecule has 2 heterocycles. The number of nitrogens with zero attached hydrogens (tertiary/aromatic N) is 2. The highest BCUT2D eigenvalue weighted by Gasteiger charge is 2.27. The van der Waals surface area contributed by atoms with E-state index in [4.69, 9.17) is 18.9 Å². The van der Waals surface area contributed by atoms with Crippen molar-refractivity contribution < 1.29 is 23.7 Å². The first-order valence-electron chi connectivity index (χ1n) is 11.1. The van der Waals surface area contributed by atoms with Crippen molar-refractivity contribution in [3.63, 3.8) is 0 Å². The van der Waals surface area contributed by atoms with Crippen molar-refractivity contribution in [1.82, 2.24) is 15.1 Å². The van der Waals surface area contributed by atoms with Crippen LogP contribution in [0.3, 0.4) is 0 Å². The minimum atomic E-state index is -0.248. The molecule has 0 spiro atoms. The number of amides is 1. The Bertz CT molecular complexity index is 1110. The van der Waals surface area contributed by atoms with Gasteiger partial charge in [0.25, 0.3) is 5.91 Å². The third-order valence-corrected chi connectivity index (χ3v) is 6.02. The molecule has 0 bridgehead atoms. The molecule has 180 valence electrons. The van der Waals surface area contributed by atoms with E-state index in [0.29, 0.717) is 28.5 Å². The maximum absolute atomic E-state index is 13.5. The van der Waals surface area contributed by atoms with Gasteiger partial charge in [0.05, 0.1) is 51.6 Å². The summed E-state index contributed by atoms with van der Waals surface area (Å²) in [6, 6.07) is 11.1. The van der Waals surface area contributed by atoms with E-state index in [0.717, 1.165) is 43.1 Å². The highest BCUT2D eigenvalue weighted by molar-refractivity contribution is 6.05. The molecule has 0 aliphatic carbocycles. The van der Waals surface area contributed by atoms with Crippen LogP contribution in [-0.2, 0) is 0 Å². The minimum absolute atomic E-state index is 0.201. The van der Waals surface area contributed by atoms with Gasteiger partial charge in [0.2, 0.25) is 5.75 Å². The lowest BCUT2D eigenvalue weighted by molar-refractivity contribution is 0.102. The van der Waals surface area contributed by atoms with Crippen LogP contribution >= 0.6 is 0 Å². The molecule has 9 heteroatoms. The first-order chi connectivity index (χ1) is 16.6. The van der Waals surface area contributed by atoms with Crippen LogP contribution in [0.25, 0.3) is 5.69 Å². The number of hydrogen-bond acceptors (Lipinski definition) is 7. The van der Waals surface area contributed by atoms with E-state index in [1.165, 1.54) is 21.3 Å². The van der Waals surface area contributed by atoms with Gasteiger partial charge in [-0.2, -0.15) is 5.10 Å². The predicted octanol–water partition coefficient (Wildman–Crippen LogP) is 3.63. The number of hydrogen-bond donors (Lipinski definition) is 2. The number of carbonyl (C=O) groups excluding carboxylic acids is 1. The maximum atomic E-state index is 13.5. The molecule has 2 aromatic carbocycles. The van der Waals surface area contributed by atoms with E-state index < -0.39 is 0 Å². The number of benzene rings is 2. The van der Waals surface area contributed by atoms with Crippen molar-refractivity contribution in [2.45, 2.75) is 18.8 Å². The van der Waals surface area contributed by atoms with Gasteiger partial charge in [-0.25, -0.2) is 4.68 Å². The summed E-state index contributed by atoms with van der Waals surface area (Å²) in [6.45, 7) is 1.79. The van der Waals surface area contributed by atoms with Gasteiger partial charge in [-0.05, 0) is 50.2 Å². The highest BCUT2D eigenvalue weighted by atomic mass is 16.5. The fraction of sp³-hybridized carbons (Fsp3) is 0.360. The van der Waals surface area contributed by atoms with Crippen molar-refractivity contribution in [2.75, 3.05) is 46.8 Å². The van der Waals surface area contributed by atoms with Gasteiger partial charge in [-0.1, -0.05) is 0 Å². The van der Waals surface area contributed by atoms with E-state index in [1.54, 1.807) is 25.4 Å². The normalized spacial score (nSPS) is 13.9. The van der Waals surface area contributed by atoms with Gasteiger partial charge in [0, 0.05) is 23.7 Å². The molecule has 0 atom stereocenters. The average Bonchev–Trinajstić information content (AvgIpc) is 3.34. The molecule has 4 rings (SSSR count). The van der Waals surface area contributed by atoms with Crippen molar-refractivity contribution in [3.8, 4) is 28.7 Å². The second kappa shape index (κ2) is 10.5. The van der Waals surface area contributed by atoms with Gasteiger partial charge in [-0.15, -0.1) is 0 Å². The van der Waals surface area contributed by atoms with E-state index >= 15 is 0 Å². The number of carbonyl (C=O) groups is 1. The molecule has 34 heavy (non-hydrogen) atoms. The summed E-state index contributed by atoms with van der Waals surface area (Å²) in [6.07, 6.45) is 3.48. The van der Waals surface area contributed by atoms with E-state index in [1.807, 2.05) is 28.9 Å². The zero-order chi connectivity index (χ0) is 24.1. The van der Waals surface area contributed by atoms with Gasteiger partial charge in [-0.3, -0.25) is 4.79 Å². The van der Waals surface area contributed by atoms with Gasteiger partial charge in [0.15, 0.2) is 11.5 Å². The van der Waals surface area contributed by atoms with Crippen LogP contribution in [0, 0.1) is 0 Å². The Morgan fingerprint density at radius 2 is 1.62 bits per heavy atom. The second-order valence-electron chi connectivity index (χ2n) is 7.95. The van der Waals surface area contributed by atoms with Crippen LogP contribution in [0.2, 0.25) is 0 Å². The first-order valence-corrected chi connectivity index (χ1v) is 11.1. The standard InChI is InChI=1S/C25H30N4O5/c1-31-19-7-5-18(6-8-19)29-23(16-9-11-26-12-10-16)20(15-27-29)25(30)28-17-13-21(32-2)24(34-4)22(14-17)33-3/h5-8,13-16,26H,9-12H2,1-4H3,(H,28,30). The Morgan fingerprint density at radius 3 is 2.18 bits per heavy atom. The lowest BCUT2D eigenvalue weighted by Gasteiger charge is -2.25. The molecule has 0 unspecified atom stereocenters. The summed E-state index contributed by atoms with van der Waals surface area (Å²) in [5.74, 6) is 2.11. The zero-order valence-electron chi connectivity index (χ0n) is 19.9. The van der Waals surface area contributed by atoms with Crippen molar-refractivity contribution in [2.24, 2.45) is 0 Å². The molecular weight excluding hydrogens is 436 g/mol. The predicted molar refractivity (Wildman–Crippen MR) is 129 cm³/mol. The SMILES string of the molecule is COc1ccc(-n2ncc(C(=O)Nc3cc(OC)c(OC)c(OC)c3)c2C2CCNCC2)cc1. The van der Waals surface area contributed by atoms with Crippen molar-refractivity contribution in [1.29, 1.82) is 0 Å². The van der Waals surface area contributed by atoms with Crippen LogP contribution in [0.5, 0.6) is 23.0 Å². The lowest BCUT2D eigenvalue weighted by atomic mass is 9.91. The Morgan fingerprint density at radius 1 is 0.971 bits per heavy atom. The van der Waals surface area contributed by atoms with Gasteiger partial charge in [0.1, 0.15) is 5.75 Å². The quantitative estimate of drug-likeness (QED) is 0.523. The molecule has 0 saturated carbocycles. The largest absolute Gasteiger partial charge is 0.497 e. The number of ether oxygens (including phenoxy) is 4. The van der Waals surface area contributed by atoms with Crippen molar-refractivity contribution in [3.05, 3.63) is 53.9 Å². The molecule has 1 aromatic heterocycles. The molecule has 1 aliphatic rings. The number of anilines is 1. The molecule has 1 aliphatic heterocycles. The number of methoxy groups -OCH3 is 4. The zero-order valence-corrected chi connectivity index (χ0v) is 19.9. The Labute approximate surface area is 199 Å². The smallest absolute Gasteiger partial charge is 0.259 e. The van der Waals surface area contributed by atoms with Crippen LogP contribution in [0.1, 0.15) is 34.8 Å². The second-order valence-corrected chi connectivity index (χ2v) is 7.95. The number of rotatable bonds is 8. The fourth-order valence-corrected chi connectivity index (χ4v) is 4.30. The Balaban J connectivity index is 1.71. The topological polar surface area (TPSA) is 95.9 Å². The third kappa shape index (κ3) is 4.65. The van der Waals surface area contributed by atoms with E-state index in [2.05, 4.69) is 15.7 Å². The van der Waals surface area contributed by atoms with E-state index in [9.17, 15) is 4.79 Å². The summed E-state index contributed by atoms with van der Waals surface area (Å²) in [4.78, 5) is 13.5. The Hall–Kier alpha value is -3.72. The summed E-state index contributed by atoms with van der Waals surface area (Å²) < 4.78 is 23.4. The molecule has 2 N–H and O–H groups in total. The molecule has 3 aromatic rings. The average molecular weight is 467 g/mol. The number of nitrogens with one attached hydrogen (secondary N) is 2. The number of aromatic nitrogens is 2. The molecular formula is C25H30N4O5. The summed E-state index contributed by atoms with van der Waals surface area (Å²) in [5.41, 5.74) is 2.85. The van der Waals surface area contributed by atoms with Gasteiger partial charge >= 0.3 is 0 Å². The van der Waals surface area contributed by atoms with Gasteiger partial charge < -0.3 is 29.6 Å². The summed E-state index contributed by atoms with van der Waals surface area (Å²) in [5, 5.41) is 11.0. The summed E-state index contributed by atoms with van der Waals surface area (Å²) >= 11 is 0. The molecule has 1 amide bonds. The maximum Gasteiger partial charge on any atom is 0.259 e. The first kappa shape index (κ1) is 23.4. The fourth-order valence-electron chi connectivity index (χ4n) is 4.30. The molecule has 9 nitrogen and oxygen atoms in total.